The normalized spacial score (nSPS) is 23.8. The quantitative estimate of drug-likeness (QED) is 0.670. The Hall–Kier alpha value is -0.0400. The first kappa shape index (κ1) is 17.3. The van der Waals surface area contributed by atoms with Crippen molar-refractivity contribution in [3.8, 4) is 0 Å². The molecule has 1 aromatic rings. The molecule has 1 saturated carbocycles. The number of benzene rings is 1. The van der Waals surface area contributed by atoms with E-state index >= 15 is 0 Å². The number of anilines is 1. The molecule has 3 nitrogen and oxygen atoms in total. The summed E-state index contributed by atoms with van der Waals surface area (Å²) >= 11 is 8.16. The Bertz CT molecular complexity index is 458. The predicted molar refractivity (Wildman–Crippen MR) is 96.0 cm³/mol. The number of rotatable bonds is 6. The molecule has 0 bridgehead atoms. The van der Waals surface area contributed by atoms with Crippen molar-refractivity contribution in [2.45, 2.75) is 44.8 Å². The maximum atomic E-state index is 10.0. The minimum Gasteiger partial charge on any atom is -0.389 e. The van der Waals surface area contributed by atoms with Crippen molar-refractivity contribution in [2.75, 3.05) is 18.5 Å². The Kier molecular flexibility index (Phi) is 7.05. The molecule has 0 saturated heterocycles. The summed E-state index contributed by atoms with van der Waals surface area (Å²) in [7, 11) is 0. The van der Waals surface area contributed by atoms with E-state index in [0.717, 1.165) is 33.0 Å². The summed E-state index contributed by atoms with van der Waals surface area (Å²) in [4.78, 5) is 0. The Labute approximate surface area is 145 Å². The van der Waals surface area contributed by atoms with Crippen LogP contribution in [0.3, 0.4) is 0 Å². The Balaban J connectivity index is 1.70. The number of nitrogens with one attached hydrogen (secondary N) is 1. The molecule has 0 aromatic heterocycles. The van der Waals surface area contributed by atoms with Crippen LogP contribution in [-0.4, -0.2) is 30.5 Å². The second-order valence-corrected chi connectivity index (χ2v) is 7.48. The van der Waals surface area contributed by atoms with Crippen LogP contribution in [0.2, 0.25) is 5.02 Å². The molecule has 3 unspecified atom stereocenters. The Morgan fingerprint density at radius 3 is 3.00 bits per heavy atom. The smallest absolute Gasteiger partial charge is 0.0945 e. The van der Waals surface area contributed by atoms with Gasteiger partial charge >= 0.3 is 0 Å². The van der Waals surface area contributed by atoms with Crippen molar-refractivity contribution < 1.29 is 9.84 Å². The summed E-state index contributed by atoms with van der Waals surface area (Å²) in [6.45, 7) is 3.16. The van der Waals surface area contributed by atoms with Gasteiger partial charge in [-0.15, -0.1) is 0 Å². The topological polar surface area (TPSA) is 41.5 Å². The fraction of sp³-hybridized carbons (Fsp3) is 0.625. The lowest BCUT2D eigenvalue weighted by Crippen LogP contribution is -2.30. The molecule has 2 rings (SSSR count). The zero-order valence-corrected chi connectivity index (χ0v) is 15.2. The molecule has 0 spiro atoms. The van der Waals surface area contributed by atoms with Crippen LogP contribution in [-0.2, 0) is 4.74 Å². The van der Waals surface area contributed by atoms with Gasteiger partial charge in [0.25, 0.3) is 0 Å². The molecule has 0 radical (unpaired) electrons. The minimum absolute atomic E-state index is 0.319. The van der Waals surface area contributed by atoms with E-state index in [4.69, 9.17) is 16.3 Å². The molecule has 1 aliphatic carbocycles. The first-order chi connectivity index (χ1) is 10.0. The van der Waals surface area contributed by atoms with E-state index in [1.807, 2.05) is 18.2 Å². The van der Waals surface area contributed by atoms with Crippen LogP contribution in [0.25, 0.3) is 0 Å². The second-order valence-electron chi connectivity index (χ2n) is 5.89. The summed E-state index contributed by atoms with van der Waals surface area (Å²) < 4.78 is 6.89. The molecule has 3 atom stereocenters. The molecular weight excluding hydrogens is 401 g/mol. The van der Waals surface area contributed by atoms with E-state index in [-0.39, 0.29) is 0 Å². The van der Waals surface area contributed by atoms with Gasteiger partial charge in [-0.2, -0.15) is 0 Å². The third kappa shape index (κ3) is 5.93. The van der Waals surface area contributed by atoms with Gasteiger partial charge in [-0.05, 0) is 59.5 Å². The van der Waals surface area contributed by atoms with Gasteiger partial charge in [-0.3, -0.25) is 0 Å². The van der Waals surface area contributed by atoms with Crippen molar-refractivity contribution in [3.05, 3.63) is 26.8 Å². The number of hydrogen-bond acceptors (Lipinski definition) is 3. The monoisotopic (exact) mass is 423 g/mol. The first-order valence-corrected chi connectivity index (χ1v) is 8.99. The molecule has 1 aliphatic rings. The molecule has 118 valence electrons. The highest BCUT2D eigenvalue weighted by atomic mass is 127. The zero-order chi connectivity index (χ0) is 15.2. The van der Waals surface area contributed by atoms with Crippen molar-refractivity contribution in [1.29, 1.82) is 0 Å². The highest BCUT2D eigenvalue weighted by Crippen LogP contribution is 2.26. The molecule has 0 heterocycles. The maximum Gasteiger partial charge on any atom is 0.0945 e. The van der Waals surface area contributed by atoms with Crippen molar-refractivity contribution >= 4 is 39.9 Å². The summed E-state index contributed by atoms with van der Waals surface area (Å²) in [5.74, 6) is 0.745. The van der Waals surface area contributed by atoms with E-state index in [2.05, 4.69) is 34.8 Å². The van der Waals surface area contributed by atoms with Crippen molar-refractivity contribution in [2.24, 2.45) is 5.92 Å². The molecule has 2 N–H and O–H groups in total. The van der Waals surface area contributed by atoms with Gasteiger partial charge in [0.05, 0.1) is 18.8 Å². The van der Waals surface area contributed by atoms with Crippen molar-refractivity contribution in [1.82, 2.24) is 0 Å². The molecule has 5 heteroatoms. The van der Waals surface area contributed by atoms with Gasteiger partial charge in [-0.25, -0.2) is 0 Å². The molecule has 0 aliphatic heterocycles. The number of aliphatic hydroxyl groups excluding tert-OH is 1. The molecule has 1 fully saturated rings. The van der Waals surface area contributed by atoms with Crippen LogP contribution >= 0.6 is 34.2 Å². The Morgan fingerprint density at radius 2 is 2.29 bits per heavy atom. The molecule has 1 aromatic carbocycles. The highest BCUT2D eigenvalue weighted by Gasteiger charge is 2.20. The lowest BCUT2D eigenvalue weighted by atomic mass is 9.89. The van der Waals surface area contributed by atoms with Gasteiger partial charge in [0, 0.05) is 20.8 Å². The van der Waals surface area contributed by atoms with Gasteiger partial charge in [-0.1, -0.05) is 31.4 Å². The third-order valence-corrected chi connectivity index (χ3v) is 5.00. The summed E-state index contributed by atoms with van der Waals surface area (Å²) in [6, 6.07) is 5.68. The van der Waals surface area contributed by atoms with Gasteiger partial charge in [0.1, 0.15) is 0 Å². The third-order valence-electron chi connectivity index (χ3n) is 3.87. The van der Waals surface area contributed by atoms with E-state index in [1.165, 1.54) is 12.8 Å². The van der Waals surface area contributed by atoms with Gasteiger partial charge < -0.3 is 15.2 Å². The standard InChI is InChI=1S/C16H23ClINO2/c1-11-3-2-4-14(7-11)21-10-13(20)9-19-16-6-5-12(17)8-15(16)18/h5-6,8,11,13-14,19-20H,2-4,7,9-10H2,1H3. The van der Waals surface area contributed by atoms with Crippen LogP contribution in [0.15, 0.2) is 18.2 Å². The molecular formula is C16H23ClINO2. The van der Waals surface area contributed by atoms with Crippen molar-refractivity contribution in [3.63, 3.8) is 0 Å². The minimum atomic E-state index is -0.492. The van der Waals surface area contributed by atoms with Crippen LogP contribution < -0.4 is 5.32 Å². The maximum absolute atomic E-state index is 10.0. The van der Waals surface area contributed by atoms with Crippen LogP contribution in [0.1, 0.15) is 32.6 Å². The van der Waals surface area contributed by atoms with Crippen LogP contribution in [0.5, 0.6) is 0 Å². The highest BCUT2D eigenvalue weighted by molar-refractivity contribution is 14.1. The lowest BCUT2D eigenvalue weighted by Gasteiger charge is -2.27. The largest absolute Gasteiger partial charge is 0.389 e. The van der Waals surface area contributed by atoms with Crippen LogP contribution in [0, 0.1) is 9.49 Å². The second kappa shape index (κ2) is 8.56. The Morgan fingerprint density at radius 1 is 1.48 bits per heavy atom. The number of aliphatic hydroxyl groups is 1. The molecule has 21 heavy (non-hydrogen) atoms. The number of halogens is 2. The van der Waals surface area contributed by atoms with E-state index in [0.29, 0.717) is 19.3 Å². The summed E-state index contributed by atoms with van der Waals surface area (Å²) in [5.41, 5.74) is 0.991. The van der Waals surface area contributed by atoms with Crippen LogP contribution in [0.4, 0.5) is 5.69 Å². The number of ether oxygens (including phenoxy) is 1. The summed E-state index contributed by atoms with van der Waals surface area (Å²) in [5, 5.41) is 14.0. The van der Waals surface area contributed by atoms with E-state index in [9.17, 15) is 5.11 Å². The average Bonchev–Trinajstić information content (AvgIpc) is 2.44. The SMILES string of the molecule is CC1CCCC(OCC(O)CNc2ccc(Cl)cc2I)C1. The van der Waals surface area contributed by atoms with E-state index in [1.54, 1.807) is 0 Å². The summed E-state index contributed by atoms with van der Waals surface area (Å²) in [6.07, 6.45) is 4.62. The average molecular weight is 424 g/mol. The van der Waals surface area contributed by atoms with E-state index < -0.39 is 6.10 Å². The molecule has 0 amide bonds. The van der Waals surface area contributed by atoms with Gasteiger partial charge in [0.2, 0.25) is 0 Å². The number of hydrogen-bond donors (Lipinski definition) is 2. The zero-order valence-electron chi connectivity index (χ0n) is 12.3. The van der Waals surface area contributed by atoms with Gasteiger partial charge in [0.15, 0.2) is 0 Å². The lowest BCUT2D eigenvalue weighted by molar-refractivity contribution is -0.0274. The predicted octanol–water partition coefficient (Wildman–Crippen LogP) is 4.31. The first-order valence-electron chi connectivity index (χ1n) is 7.53. The fourth-order valence-electron chi connectivity index (χ4n) is 2.70. The fourth-order valence-corrected chi connectivity index (χ4v) is 3.76.